The molecule has 0 amide bonds. The second kappa shape index (κ2) is 6.12. The molecule has 1 aliphatic heterocycles. The number of hydrogen-bond acceptors (Lipinski definition) is 4. The largest absolute Gasteiger partial charge is 0.496 e. The number of piperidine rings is 1. The molecule has 0 saturated carbocycles. The molecule has 1 heterocycles. The van der Waals surface area contributed by atoms with Crippen LogP contribution in [0.5, 0.6) is 5.75 Å². The Labute approximate surface area is 111 Å². The van der Waals surface area contributed by atoms with E-state index < -0.39 is 5.82 Å². The van der Waals surface area contributed by atoms with E-state index in [9.17, 15) is 14.3 Å². The molecule has 0 aromatic heterocycles. The van der Waals surface area contributed by atoms with E-state index in [1.54, 1.807) is 0 Å². The fraction of sp³-hybridized carbons (Fsp3) is 0.500. The molecular weight excluding hydrogens is 249 g/mol. The Bertz CT molecular complexity index is 464. The molecule has 0 aliphatic carbocycles. The molecule has 1 unspecified atom stereocenters. The third-order valence-corrected chi connectivity index (χ3v) is 3.31. The number of aliphatic hydroxyl groups is 1. The quantitative estimate of drug-likeness (QED) is 0.839. The highest BCUT2D eigenvalue weighted by Crippen LogP contribution is 2.21. The molecule has 1 fully saturated rings. The normalized spacial score (nSPS) is 20.3. The van der Waals surface area contributed by atoms with Gasteiger partial charge in [-0.25, -0.2) is 4.39 Å². The number of ketones is 1. The lowest BCUT2D eigenvalue weighted by Crippen LogP contribution is -2.41. The zero-order valence-corrected chi connectivity index (χ0v) is 10.9. The van der Waals surface area contributed by atoms with Gasteiger partial charge in [0.1, 0.15) is 11.6 Å². The van der Waals surface area contributed by atoms with Gasteiger partial charge in [-0.15, -0.1) is 0 Å². The highest BCUT2D eigenvalue weighted by molar-refractivity contribution is 6.00. The van der Waals surface area contributed by atoms with Crippen LogP contribution in [0.3, 0.4) is 0 Å². The van der Waals surface area contributed by atoms with Crippen molar-refractivity contribution in [3.63, 3.8) is 0 Å². The monoisotopic (exact) mass is 267 g/mol. The summed E-state index contributed by atoms with van der Waals surface area (Å²) in [5.74, 6) is -0.266. The summed E-state index contributed by atoms with van der Waals surface area (Å²) in [4.78, 5) is 14.1. The number of methoxy groups -OCH3 is 1. The first-order chi connectivity index (χ1) is 9.10. The maximum Gasteiger partial charge on any atom is 0.180 e. The minimum Gasteiger partial charge on any atom is -0.496 e. The molecule has 0 spiro atoms. The van der Waals surface area contributed by atoms with Gasteiger partial charge in [0.05, 0.1) is 25.3 Å². The lowest BCUT2D eigenvalue weighted by Gasteiger charge is -2.29. The predicted octanol–water partition coefficient (Wildman–Crippen LogP) is 1.47. The van der Waals surface area contributed by atoms with Crippen molar-refractivity contribution in [2.24, 2.45) is 0 Å². The Balaban J connectivity index is 2.09. The number of benzene rings is 1. The molecule has 1 aromatic carbocycles. The van der Waals surface area contributed by atoms with Gasteiger partial charge in [0.15, 0.2) is 5.78 Å². The Kier molecular flexibility index (Phi) is 4.50. The van der Waals surface area contributed by atoms with E-state index in [0.717, 1.165) is 19.4 Å². The first-order valence-corrected chi connectivity index (χ1v) is 6.37. The topological polar surface area (TPSA) is 49.8 Å². The van der Waals surface area contributed by atoms with E-state index in [2.05, 4.69) is 0 Å². The minimum atomic E-state index is -0.456. The summed E-state index contributed by atoms with van der Waals surface area (Å²) in [6, 6.07) is 3.91. The fourth-order valence-electron chi connectivity index (χ4n) is 2.36. The molecule has 4 nitrogen and oxygen atoms in total. The highest BCUT2D eigenvalue weighted by Gasteiger charge is 2.22. The van der Waals surface area contributed by atoms with Crippen molar-refractivity contribution >= 4 is 5.78 Å². The number of β-amino-alcohol motifs (C(OH)–C–C–N with tert-alkyl or cyclic N) is 1. The smallest absolute Gasteiger partial charge is 0.180 e. The zero-order valence-electron chi connectivity index (χ0n) is 10.9. The van der Waals surface area contributed by atoms with Crippen molar-refractivity contribution in [3.8, 4) is 5.75 Å². The van der Waals surface area contributed by atoms with Crippen LogP contribution in [0.25, 0.3) is 0 Å². The van der Waals surface area contributed by atoms with Crippen LogP contribution < -0.4 is 4.74 Å². The van der Waals surface area contributed by atoms with E-state index in [4.69, 9.17) is 4.74 Å². The van der Waals surface area contributed by atoms with Gasteiger partial charge in [0.2, 0.25) is 0 Å². The number of aliphatic hydroxyl groups excluding tert-OH is 1. The van der Waals surface area contributed by atoms with Gasteiger partial charge in [0, 0.05) is 6.54 Å². The average Bonchev–Trinajstić information content (AvgIpc) is 2.38. The first-order valence-electron chi connectivity index (χ1n) is 6.37. The molecule has 1 saturated heterocycles. The number of hydrogen-bond donors (Lipinski definition) is 1. The maximum atomic E-state index is 13.2. The number of ether oxygens (including phenoxy) is 1. The van der Waals surface area contributed by atoms with Crippen LogP contribution in [0.15, 0.2) is 18.2 Å². The number of carbonyl (C=O) groups excluding carboxylic acids is 1. The van der Waals surface area contributed by atoms with Gasteiger partial charge >= 0.3 is 0 Å². The second-order valence-corrected chi connectivity index (χ2v) is 4.80. The minimum absolute atomic E-state index is 0.177. The van der Waals surface area contributed by atoms with Crippen LogP contribution in [-0.2, 0) is 0 Å². The zero-order chi connectivity index (χ0) is 13.8. The summed E-state index contributed by atoms with van der Waals surface area (Å²) in [6.45, 7) is 1.45. The third kappa shape index (κ3) is 3.52. The Hall–Kier alpha value is -1.46. The molecule has 2 rings (SSSR count). The number of carbonyl (C=O) groups is 1. The van der Waals surface area contributed by atoms with E-state index in [0.29, 0.717) is 12.3 Å². The van der Waals surface area contributed by atoms with Gasteiger partial charge in [-0.2, -0.15) is 0 Å². The number of likely N-dealkylation sites (tertiary alicyclic amines) is 1. The number of rotatable bonds is 4. The lowest BCUT2D eigenvalue weighted by molar-refractivity contribution is 0.0632. The SMILES string of the molecule is COc1ccc(F)cc1C(=O)CN1CCCC(O)C1. The van der Waals surface area contributed by atoms with Crippen molar-refractivity contribution in [3.05, 3.63) is 29.6 Å². The molecule has 1 aromatic rings. The van der Waals surface area contributed by atoms with E-state index in [-0.39, 0.29) is 24.0 Å². The molecule has 1 N–H and O–H groups in total. The van der Waals surface area contributed by atoms with Crippen molar-refractivity contribution < 1.29 is 19.0 Å². The van der Waals surface area contributed by atoms with E-state index in [1.165, 1.54) is 25.3 Å². The van der Waals surface area contributed by atoms with Crippen LogP contribution in [0, 0.1) is 5.82 Å². The van der Waals surface area contributed by atoms with Crippen molar-refractivity contribution in [1.29, 1.82) is 0 Å². The van der Waals surface area contributed by atoms with Crippen LogP contribution in [0.4, 0.5) is 4.39 Å². The summed E-state index contributed by atoms with van der Waals surface area (Å²) < 4.78 is 18.3. The van der Waals surface area contributed by atoms with Gasteiger partial charge in [-0.3, -0.25) is 9.69 Å². The van der Waals surface area contributed by atoms with E-state index >= 15 is 0 Å². The third-order valence-electron chi connectivity index (χ3n) is 3.31. The van der Waals surface area contributed by atoms with E-state index in [1.807, 2.05) is 4.90 Å². The average molecular weight is 267 g/mol. The van der Waals surface area contributed by atoms with Gasteiger partial charge in [-0.05, 0) is 37.6 Å². The summed E-state index contributed by atoms with van der Waals surface area (Å²) in [5.41, 5.74) is 0.252. The summed E-state index contributed by atoms with van der Waals surface area (Å²) in [6.07, 6.45) is 1.26. The lowest BCUT2D eigenvalue weighted by atomic mass is 10.1. The Morgan fingerprint density at radius 3 is 3.05 bits per heavy atom. The molecule has 0 bridgehead atoms. The van der Waals surface area contributed by atoms with Crippen LogP contribution in [0.1, 0.15) is 23.2 Å². The second-order valence-electron chi connectivity index (χ2n) is 4.80. The molecule has 19 heavy (non-hydrogen) atoms. The fourth-order valence-corrected chi connectivity index (χ4v) is 2.36. The van der Waals surface area contributed by atoms with Gasteiger partial charge in [-0.1, -0.05) is 0 Å². The standard InChI is InChI=1S/C14H18FNO3/c1-19-14-5-4-10(15)7-12(14)13(18)9-16-6-2-3-11(17)8-16/h4-5,7,11,17H,2-3,6,8-9H2,1H3. The first kappa shape index (κ1) is 14.0. The predicted molar refractivity (Wildman–Crippen MR) is 69.0 cm³/mol. The van der Waals surface area contributed by atoms with Gasteiger partial charge in [0.25, 0.3) is 0 Å². The molecule has 1 aliphatic rings. The molecule has 104 valence electrons. The Morgan fingerprint density at radius 2 is 2.37 bits per heavy atom. The molecule has 1 atom stereocenters. The molecular formula is C14H18FNO3. The summed E-state index contributed by atoms with van der Waals surface area (Å²) in [5, 5.41) is 9.57. The van der Waals surface area contributed by atoms with Crippen LogP contribution in [0.2, 0.25) is 0 Å². The number of halogens is 1. The molecule has 5 heteroatoms. The number of Topliss-reactive ketones (excluding diaryl/α,β-unsaturated/α-hetero) is 1. The highest BCUT2D eigenvalue weighted by atomic mass is 19.1. The van der Waals surface area contributed by atoms with Crippen molar-refractivity contribution in [2.75, 3.05) is 26.7 Å². The van der Waals surface area contributed by atoms with Crippen molar-refractivity contribution in [2.45, 2.75) is 18.9 Å². The Morgan fingerprint density at radius 1 is 1.58 bits per heavy atom. The number of nitrogens with zero attached hydrogens (tertiary/aromatic N) is 1. The summed E-state index contributed by atoms with van der Waals surface area (Å²) in [7, 11) is 1.45. The van der Waals surface area contributed by atoms with Crippen LogP contribution >= 0.6 is 0 Å². The van der Waals surface area contributed by atoms with Gasteiger partial charge < -0.3 is 9.84 Å². The van der Waals surface area contributed by atoms with Crippen LogP contribution in [-0.4, -0.2) is 48.6 Å². The van der Waals surface area contributed by atoms with Crippen molar-refractivity contribution in [1.82, 2.24) is 4.90 Å². The maximum absolute atomic E-state index is 13.2. The summed E-state index contributed by atoms with van der Waals surface area (Å²) >= 11 is 0. The molecule has 0 radical (unpaired) electrons.